The van der Waals surface area contributed by atoms with Crippen LogP contribution in [0.3, 0.4) is 0 Å². The van der Waals surface area contributed by atoms with Crippen LogP contribution in [0.4, 0.5) is 34.5 Å². The van der Waals surface area contributed by atoms with E-state index in [1.54, 1.807) is 24.3 Å². The number of phenolic OH excluding ortho intramolecular Hbond substituents is 2. The van der Waals surface area contributed by atoms with Gasteiger partial charge < -0.3 is 31.5 Å². The van der Waals surface area contributed by atoms with Crippen LogP contribution in [-0.2, 0) is 14.4 Å². The number of para-hydroxylation sites is 1. The van der Waals surface area contributed by atoms with Crippen molar-refractivity contribution in [3.8, 4) is 33.8 Å². The van der Waals surface area contributed by atoms with Gasteiger partial charge in [0.2, 0.25) is 17.7 Å². The van der Waals surface area contributed by atoms with Crippen molar-refractivity contribution in [2.45, 2.75) is 59.3 Å². The fourth-order valence-corrected chi connectivity index (χ4v) is 8.15. The van der Waals surface area contributed by atoms with Gasteiger partial charge >= 0.3 is 0 Å². The van der Waals surface area contributed by atoms with Crippen molar-refractivity contribution in [1.82, 2.24) is 30.6 Å². The zero-order valence-corrected chi connectivity index (χ0v) is 41.0. The van der Waals surface area contributed by atoms with Gasteiger partial charge in [-0.25, -0.2) is 0 Å². The van der Waals surface area contributed by atoms with Gasteiger partial charge in [-0.2, -0.15) is 15.3 Å². The van der Waals surface area contributed by atoms with E-state index < -0.39 is 4.92 Å². The van der Waals surface area contributed by atoms with Gasteiger partial charge in [-0.05, 0) is 103 Å². The average molecular weight is 1040 g/mol. The molecule has 0 aliphatic heterocycles. The molecule has 3 heterocycles. The average Bonchev–Trinajstić information content (AvgIpc) is 4.05. The van der Waals surface area contributed by atoms with E-state index in [2.05, 4.69) is 67.8 Å². The highest BCUT2D eigenvalue weighted by atomic mass is 79.9. The summed E-state index contributed by atoms with van der Waals surface area (Å²) in [6.45, 7) is 5.81. The Labute approximate surface area is 419 Å². The minimum absolute atomic E-state index is 0.0209. The van der Waals surface area contributed by atoms with Crippen molar-refractivity contribution in [3.05, 3.63) is 135 Å². The number of nitrogens with one attached hydrogen (secondary N) is 7. The lowest BCUT2D eigenvalue weighted by Gasteiger charge is -2.13. The number of halogens is 2. The molecule has 364 valence electrons. The number of carbonyl (C=O) groups is 3. The number of aromatic hydroxyl groups is 2. The number of carbonyl (C=O) groups excluding carboxylic acids is 3. The summed E-state index contributed by atoms with van der Waals surface area (Å²) in [5.74, 6) is 1.49. The summed E-state index contributed by atoms with van der Waals surface area (Å²) in [5.41, 5.74) is 7.65. The highest BCUT2D eigenvalue weighted by Crippen LogP contribution is 2.38. The predicted molar refractivity (Wildman–Crippen MR) is 282 cm³/mol. The lowest BCUT2D eigenvalue weighted by atomic mass is 10.0. The molecule has 6 aromatic carbocycles. The highest BCUT2D eigenvalue weighted by Gasteiger charge is 2.19. The van der Waals surface area contributed by atoms with Gasteiger partial charge in [0.05, 0.1) is 26.9 Å². The number of nitro benzene ring substituents is 1. The van der Waals surface area contributed by atoms with E-state index in [-0.39, 0.29) is 45.7 Å². The number of rotatable bonds is 14. The summed E-state index contributed by atoms with van der Waals surface area (Å²) in [6, 6.07) is 34.5. The first-order valence-electron chi connectivity index (χ1n) is 22.6. The zero-order valence-electron chi connectivity index (χ0n) is 38.7. The molecule has 20 heteroatoms. The molecule has 0 fully saturated rings. The van der Waals surface area contributed by atoms with Crippen LogP contribution in [0.2, 0.25) is 5.02 Å². The van der Waals surface area contributed by atoms with E-state index in [4.69, 9.17) is 11.6 Å². The maximum absolute atomic E-state index is 12.0. The van der Waals surface area contributed by atoms with E-state index in [1.165, 1.54) is 12.1 Å². The molecule has 0 aliphatic rings. The number of anilines is 5. The van der Waals surface area contributed by atoms with Gasteiger partial charge in [0.25, 0.3) is 5.69 Å². The van der Waals surface area contributed by atoms with Crippen LogP contribution in [0, 0.1) is 10.1 Å². The number of hydrogen-bond acceptors (Lipinski definition) is 11. The molecular formula is C51H49BrClN11O7. The van der Waals surface area contributed by atoms with E-state index >= 15 is 0 Å². The first kappa shape index (κ1) is 50.6. The number of nitro groups is 1. The van der Waals surface area contributed by atoms with Crippen LogP contribution < -0.4 is 21.3 Å². The smallest absolute Gasteiger partial charge is 0.288 e. The van der Waals surface area contributed by atoms with Crippen LogP contribution >= 0.6 is 27.5 Å². The largest absolute Gasteiger partial charge is 0.508 e. The summed E-state index contributed by atoms with van der Waals surface area (Å²) in [4.78, 5) is 45.6. The van der Waals surface area contributed by atoms with Crippen LogP contribution in [0.15, 0.2) is 120 Å². The number of fused-ring (bicyclic) bond motifs is 3. The van der Waals surface area contributed by atoms with Crippen LogP contribution in [-0.4, -0.2) is 63.4 Å². The number of amides is 3. The van der Waals surface area contributed by atoms with E-state index in [1.807, 2.05) is 99.6 Å². The molecular weight excluding hydrogens is 994 g/mol. The normalized spacial score (nSPS) is 10.8. The molecule has 9 rings (SSSR count). The molecule has 0 radical (unpaired) electrons. The molecule has 0 saturated heterocycles. The molecule has 0 saturated carbocycles. The van der Waals surface area contributed by atoms with Crippen molar-refractivity contribution < 1.29 is 29.5 Å². The van der Waals surface area contributed by atoms with Crippen molar-refractivity contribution in [3.63, 3.8) is 0 Å². The Morgan fingerprint density at radius 3 is 1.49 bits per heavy atom. The maximum atomic E-state index is 12.0. The molecule has 0 bridgehead atoms. The zero-order chi connectivity index (χ0) is 50.6. The molecule has 0 atom stereocenters. The molecule has 71 heavy (non-hydrogen) atoms. The Balaban J connectivity index is 0.000000160. The standard InChI is InChI=1S/C23H22N4O2.C17H16BrN3O2.C11H11ClN4O3/c1-2-6-22(29)25-23-19-14-20(24-16-7-4-3-5-8-16)18(13-21(19)26-27-23)15-9-11-17(28)12-10-15;1-2-3-16(23)19-17-13-8-14(18)12(9-15(13)20-21-17)10-4-6-11(22)7-5-10;1-2-3-10(17)13-11-6-4-9(16(18)19)7(12)5-8(6)14-15-11/h3-5,7-14,24,28H,2,6H2,1H3,(H2,25,26,27,29);4-9,22H,2-3H2,1H3,(H2,19,20,21,23);4-5H,2-3H2,1H3,(H2,13,14,15,17). The predicted octanol–water partition coefficient (Wildman–Crippen LogP) is 12.7. The van der Waals surface area contributed by atoms with Gasteiger partial charge in [0.15, 0.2) is 17.5 Å². The second-order valence-corrected chi connectivity index (χ2v) is 17.4. The number of nitrogens with zero attached hydrogens (tertiary/aromatic N) is 4. The van der Waals surface area contributed by atoms with E-state index in [0.717, 1.165) is 72.7 Å². The van der Waals surface area contributed by atoms with Crippen molar-refractivity contribution in [2.75, 3.05) is 21.3 Å². The Bertz CT molecular complexity index is 3340. The van der Waals surface area contributed by atoms with Crippen LogP contribution in [0.25, 0.3) is 55.0 Å². The minimum atomic E-state index is -0.577. The topological polar surface area (TPSA) is 269 Å². The lowest BCUT2D eigenvalue weighted by Crippen LogP contribution is -2.11. The minimum Gasteiger partial charge on any atom is -0.508 e. The number of hydrogen-bond donors (Lipinski definition) is 9. The summed E-state index contributed by atoms with van der Waals surface area (Å²) in [5, 5.41) is 64.8. The number of aromatic nitrogens is 6. The third kappa shape index (κ3) is 12.7. The highest BCUT2D eigenvalue weighted by molar-refractivity contribution is 9.10. The molecule has 3 amide bonds. The fraction of sp³-hybridized carbons (Fsp3) is 0.176. The molecule has 9 aromatic rings. The van der Waals surface area contributed by atoms with Gasteiger partial charge in [-0.1, -0.05) is 90.8 Å². The Morgan fingerprint density at radius 1 is 0.606 bits per heavy atom. The third-order valence-corrected chi connectivity index (χ3v) is 11.8. The van der Waals surface area contributed by atoms with Gasteiger partial charge in [-0.3, -0.25) is 39.8 Å². The SMILES string of the molecule is CCCC(=O)Nc1n[nH]c2cc(-c3ccc(O)cc3)c(Br)cc12.CCCC(=O)Nc1n[nH]c2cc(-c3ccc(O)cc3)c(Nc3ccccc3)cc12.CCCC(=O)Nc1n[nH]c2cc(Cl)c([N+](=O)[O-])cc12. The first-order valence-corrected chi connectivity index (χ1v) is 23.7. The van der Waals surface area contributed by atoms with E-state index in [9.17, 15) is 34.7 Å². The van der Waals surface area contributed by atoms with Gasteiger partial charge in [0, 0.05) is 57.5 Å². The van der Waals surface area contributed by atoms with Crippen molar-refractivity contribution in [2.24, 2.45) is 0 Å². The summed E-state index contributed by atoms with van der Waals surface area (Å²) in [6.07, 6.45) is 3.57. The number of aromatic amines is 3. The number of phenols is 2. The molecule has 0 aliphatic carbocycles. The van der Waals surface area contributed by atoms with Crippen molar-refractivity contribution in [1.29, 1.82) is 0 Å². The van der Waals surface area contributed by atoms with Crippen LogP contribution in [0.5, 0.6) is 11.5 Å². The lowest BCUT2D eigenvalue weighted by molar-refractivity contribution is -0.384. The number of benzene rings is 6. The summed E-state index contributed by atoms with van der Waals surface area (Å²) in [7, 11) is 0. The van der Waals surface area contributed by atoms with Gasteiger partial charge in [0.1, 0.15) is 16.5 Å². The second kappa shape index (κ2) is 23.3. The summed E-state index contributed by atoms with van der Waals surface area (Å²) < 4.78 is 0.892. The molecule has 9 N–H and O–H groups in total. The van der Waals surface area contributed by atoms with Crippen LogP contribution in [0.1, 0.15) is 59.3 Å². The Hall–Kier alpha value is -8.29. The van der Waals surface area contributed by atoms with Crippen molar-refractivity contribution >= 4 is 112 Å². The monoisotopic (exact) mass is 1040 g/mol. The van der Waals surface area contributed by atoms with E-state index in [0.29, 0.717) is 48.2 Å². The maximum Gasteiger partial charge on any atom is 0.288 e. The fourth-order valence-electron chi connectivity index (χ4n) is 7.34. The molecule has 18 nitrogen and oxygen atoms in total. The quantitative estimate of drug-likeness (QED) is 0.0365. The molecule has 0 spiro atoms. The number of H-pyrrole nitrogens is 3. The Kier molecular flexibility index (Phi) is 16.6. The Morgan fingerprint density at radius 2 is 1.03 bits per heavy atom. The second-order valence-electron chi connectivity index (χ2n) is 16.1. The molecule has 0 unspecified atom stereocenters. The summed E-state index contributed by atoms with van der Waals surface area (Å²) >= 11 is 9.36. The third-order valence-electron chi connectivity index (χ3n) is 10.8. The van der Waals surface area contributed by atoms with Gasteiger partial charge in [-0.15, -0.1) is 0 Å². The first-order chi connectivity index (χ1) is 34.2. The molecule has 3 aromatic heterocycles.